The molecule has 0 saturated heterocycles. The van der Waals surface area contributed by atoms with E-state index in [0.29, 0.717) is 17.5 Å². The van der Waals surface area contributed by atoms with Crippen LogP contribution in [0.1, 0.15) is 22.3 Å². The smallest absolute Gasteiger partial charge is 0.164 e. The molecule has 0 aliphatic heterocycles. The summed E-state index contributed by atoms with van der Waals surface area (Å²) in [5.74, 6) is 1.84. The number of hydrogen-bond acceptors (Lipinski definition) is 4. The number of rotatable bonds is 3. The molecular formula is C52H31N3O. The Morgan fingerprint density at radius 2 is 0.804 bits per heavy atom. The molecule has 8 aromatic carbocycles. The van der Waals surface area contributed by atoms with Gasteiger partial charge in [-0.05, 0) is 73.8 Å². The van der Waals surface area contributed by atoms with Gasteiger partial charge >= 0.3 is 0 Å². The van der Waals surface area contributed by atoms with Crippen LogP contribution in [0.25, 0.3) is 89.5 Å². The summed E-state index contributed by atoms with van der Waals surface area (Å²) in [6.45, 7) is 0. The van der Waals surface area contributed by atoms with Gasteiger partial charge in [0, 0.05) is 27.5 Å². The molecule has 1 spiro atoms. The zero-order valence-electron chi connectivity index (χ0n) is 30.1. The molecule has 0 saturated carbocycles. The van der Waals surface area contributed by atoms with Crippen molar-refractivity contribution in [2.75, 3.05) is 0 Å². The lowest BCUT2D eigenvalue weighted by atomic mass is 9.66. The maximum absolute atomic E-state index is 6.31. The average molecular weight is 714 g/mol. The van der Waals surface area contributed by atoms with Gasteiger partial charge in [0.1, 0.15) is 11.2 Å². The van der Waals surface area contributed by atoms with Crippen molar-refractivity contribution in [3.63, 3.8) is 0 Å². The predicted octanol–water partition coefficient (Wildman–Crippen LogP) is 12.8. The number of furan rings is 1. The molecule has 2 heterocycles. The third kappa shape index (κ3) is 4.27. The number of benzene rings is 8. The molecule has 0 bridgehead atoms. The lowest BCUT2D eigenvalue weighted by Gasteiger charge is -2.35. The van der Waals surface area contributed by atoms with Crippen LogP contribution in [0.2, 0.25) is 0 Å². The second-order valence-corrected chi connectivity index (χ2v) is 14.6. The normalized spacial score (nSPS) is 13.1. The highest BCUT2D eigenvalue weighted by atomic mass is 16.3. The molecule has 2 aliphatic carbocycles. The third-order valence-electron chi connectivity index (χ3n) is 11.8. The zero-order valence-corrected chi connectivity index (χ0v) is 30.1. The van der Waals surface area contributed by atoms with Gasteiger partial charge < -0.3 is 4.42 Å². The molecule has 0 fully saturated rings. The summed E-state index contributed by atoms with van der Waals surface area (Å²) in [6.07, 6.45) is 0. The fourth-order valence-corrected chi connectivity index (χ4v) is 9.49. The van der Waals surface area contributed by atoms with Crippen LogP contribution in [0.15, 0.2) is 192 Å². The highest BCUT2D eigenvalue weighted by Crippen LogP contribution is 2.61. The van der Waals surface area contributed by atoms with E-state index in [9.17, 15) is 0 Å². The van der Waals surface area contributed by atoms with E-state index >= 15 is 0 Å². The van der Waals surface area contributed by atoms with Crippen molar-refractivity contribution >= 4 is 21.9 Å². The van der Waals surface area contributed by atoms with Gasteiger partial charge in [-0.25, -0.2) is 15.0 Å². The van der Waals surface area contributed by atoms with Crippen LogP contribution < -0.4 is 0 Å². The van der Waals surface area contributed by atoms with Gasteiger partial charge in [0.25, 0.3) is 0 Å². The van der Waals surface area contributed by atoms with Crippen molar-refractivity contribution in [1.29, 1.82) is 0 Å². The summed E-state index contributed by atoms with van der Waals surface area (Å²) >= 11 is 0. The summed E-state index contributed by atoms with van der Waals surface area (Å²) in [4.78, 5) is 15.7. The summed E-state index contributed by atoms with van der Waals surface area (Å²) in [5.41, 5.74) is 16.2. The molecule has 0 atom stereocenters. The molecule has 10 aromatic rings. The van der Waals surface area contributed by atoms with Gasteiger partial charge in [-0.2, -0.15) is 0 Å². The molecule has 260 valence electrons. The van der Waals surface area contributed by atoms with E-state index in [1.807, 2.05) is 48.5 Å². The Kier molecular flexibility index (Phi) is 6.52. The predicted molar refractivity (Wildman–Crippen MR) is 225 cm³/mol. The van der Waals surface area contributed by atoms with Crippen molar-refractivity contribution in [3.8, 4) is 67.5 Å². The molecule has 0 unspecified atom stereocenters. The van der Waals surface area contributed by atoms with Crippen LogP contribution in [0.4, 0.5) is 0 Å². The molecule has 0 radical (unpaired) electrons. The van der Waals surface area contributed by atoms with Gasteiger partial charge in [-0.15, -0.1) is 0 Å². The maximum Gasteiger partial charge on any atom is 0.164 e. The SMILES string of the molecule is c1ccc(-c2nc(-c3ccc4c(c3)C3(c5ccccc5-c5ccccc5-c5ccccc53)c3ccccc3-4)nc(-c3cccc4oc5ccccc5c34)n2)cc1. The lowest BCUT2D eigenvalue weighted by Crippen LogP contribution is -2.29. The van der Waals surface area contributed by atoms with Crippen molar-refractivity contribution in [1.82, 2.24) is 15.0 Å². The third-order valence-corrected chi connectivity index (χ3v) is 11.8. The second-order valence-electron chi connectivity index (χ2n) is 14.6. The summed E-state index contributed by atoms with van der Waals surface area (Å²) in [5, 5.41) is 2.03. The van der Waals surface area contributed by atoms with Gasteiger partial charge in [0.05, 0.1) is 5.41 Å². The maximum atomic E-state index is 6.31. The topological polar surface area (TPSA) is 51.8 Å². The van der Waals surface area contributed by atoms with Gasteiger partial charge in [-0.3, -0.25) is 0 Å². The van der Waals surface area contributed by atoms with Crippen LogP contribution in [0.3, 0.4) is 0 Å². The van der Waals surface area contributed by atoms with Crippen molar-refractivity contribution in [2.45, 2.75) is 5.41 Å². The summed E-state index contributed by atoms with van der Waals surface area (Å²) < 4.78 is 6.31. The van der Waals surface area contributed by atoms with E-state index in [-0.39, 0.29) is 0 Å². The van der Waals surface area contributed by atoms with Crippen LogP contribution >= 0.6 is 0 Å². The number of fused-ring (bicyclic) bond motifs is 15. The fourth-order valence-electron chi connectivity index (χ4n) is 9.49. The average Bonchev–Trinajstić information content (AvgIpc) is 3.77. The summed E-state index contributed by atoms with van der Waals surface area (Å²) in [7, 11) is 0. The van der Waals surface area contributed by atoms with E-state index in [1.165, 1.54) is 55.6 Å². The highest BCUT2D eigenvalue weighted by molar-refractivity contribution is 6.11. The van der Waals surface area contributed by atoms with E-state index in [1.54, 1.807) is 0 Å². The van der Waals surface area contributed by atoms with E-state index in [2.05, 4.69) is 140 Å². The first-order valence-corrected chi connectivity index (χ1v) is 19.0. The number of aromatic nitrogens is 3. The van der Waals surface area contributed by atoms with Gasteiger partial charge in [0.15, 0.2) is 17.5 Å². The molecule has 0 N–H and O–H groups in total. The highest BCUT2D eigenvalue weighted by Gasteiger charge is 2.49. The largest absolute Gasteiger partial charge is 0.456 e. The molecule has 56 heavy (non-hydrogen) atoms. The first kappa shape index (κ1) is 31.0. The molecule has 2 aliphatic rings. The molecule has 12 rings (SSSR count). The van der Waals surface area contributed by atoms with Crippen LogP contribution in [-0.2, 0) is 5.41 Å². The fraction of sp³-hybridized carbons (Fsp3) is 0.0192. The Balaban J connectivity index is 1.16. The standard InChI is InChI=1S/C52H31N3O/c1-2-15-32(16-3-1)49-53-50(55-51(54-49)41-23-14-28-47-48(41)40-22-9-13-27-46(40)56-47)33-29-30-39-38-21-8-12-26-44(38)52(45(39)31-33)42-24-10-6-19-36(42)34-17-4-5-18-35(34)37-20-7-11-25-43(37)52/h1-31H. The Morgan fingerprint density at radius 1 is 0.321 bits per heavy atom. The zero-order chi connectivity index (χ0) is 36.8. The van der Waals surface area contributed by atoms with Crippen molar-refractivity contribution in [2.24, 2.45) is 0 Å². The number of nitrogens with zero attached hydrogens (tertiary/aromatic N) is 3. The van der Waals surface area contributed by atoms with E-state index in [0.717, 1.165) is 38.6 Å². The minimum absolute atomic E-state index is 0.602. The van der Waals surface area contributed by atoms with Crippen LogP contribution in [-0.4, -0.2) is 15.0 Å². The van der Waals surface area contributed by atoms with E-state index < -0.39 is 5.41 Å². The molecule has 4 nitrogen and oxygen atoms in total. The van der Waals surface area contributed by atoms with Crippen LogP contribution in [0.5, 0.6) is 0 Å². The molecular weight excluding hydrogens is 683 g/mol. The van der Waals surface area contributed by atoms with Crippen LogP contribution in [0, 0.1) is 0 Å². The number of para-hydroxylation sites is 1. The minimum Gasteiger partial charge on any atom is -0.456 e. The first-order valence-electron chi connectivity index (χ1n) is 19.0. The van der Waals surface area contributed by atoms with E-state index in [4.69, 9.17) is 19.4 Å². The second kappa shape index (κ2) is 11.8. The Hall–Kier alpha value is -7.43. The monoisotopic (exact) mass is 713 g/mol. The molecule has 0 amide bonds. The van der Waals surface area contributed by atoms with Crippen molar-refractivity contribution in [3.05, 3.63) is 210 Å². The lowest BCUT2D eigenvalue weighted by molar-refractivity contribution is 0.669. The quantitative estimate of drug-likeness (QED) is 0.183. The Morgan fingerprint density at radius 3 is 1.48 bits per heavy atom. The number of hydrogen-bond donors (Lipinski definition) is 0. The molecule has 4 heteroatoms. The Bertz CT molecular complexity index is 3150. The summed E-state index contributed by atoms with van der Waals surface area (Å²) in [6, 6.07) is 67.0. The van der Waals surface area contributed by atoms with Crippen molar-refractivity contribution < 1.29 is 4.42 Å². The minimum atomic E-state index is -0.604. The molecule has 2 aromatic heterocycles. The van der Waals surface area contributed by atoms with Gasteiger partial charge in [0.2, 0.25) is 0 Å². The Labute approximate surface area is 323 Å². The first-order chi connectivity index (χ1) is 27.8. The van der Waals surface area contributed by atoms with Gasteiger partial charge in [-0.1, -0.05) is 170 Å².